The maximum absolute atomic E-state index is 11.0. The maximum Gasteiger partial charge on any atom is 0.0688 e. The zero-order valence-electron chi connectivity index (χ0n) is 13.6. The van der Waals surface area contributed by atoms with Crippen LogP contribution in [0.5, 0.6) is 0 Å². The van der Waals surface area contributed by atoms with E-state index in [0.29, 0.717) is 0 Å². The van der Waals surface area contributed by atoms with Crippen LogP contribution >= 0.6 is 0 Å². The van der Waals surface area contributed by atoms with Crippen LogP contribution in [-0.4, -0.2) is 10.7 Å². The third-order valence-corrected chi connectivity index (χ3v) is 5.20. The molecule has 0 amide bonds. The Balaban J connectivity index is 2.16. The van der Waals surface area contributed by atoms with E-state index < -0.39 is 5.60 Å². The summed E-state index contributed by atoms with van der Waals surface area (Å²) in [4.78, 5) is 0. The molecule has 1 saturated carbocycles. The summed E-state index contributed by atoms with van der Waals surface area (Å²) in [5.41, 5.74) is 4.89. The van der Waals surface area contributed by atoms with E-state index in [1.165, 1.54) is 47.9 Å². The van der Waals surface area contributed by atoms with E-state index in [4.69, 9.17) is 0 Å². The van der Waals surface area contributed by atoms with E-state index in [-0.39, 0.29) is 0 Å². The smallest absolute Gasteiger partial charge is 0.0688 e. The molecule has 1 aliphatic rings. The molecule has 0 aromatic heterocycles. The van der Waals surface area contributed by atoms with Gasteiger partial charge in [-0.05, 0) is 62.6 Å². The van der Waals surface area contributed by atoms with Crippen LogP contribution < -0.4 is 0 Å². The van der Waals surface area contributed by atoms with E-state index >= 15 is 0 Å². The van der Waals surface area contributed by atoms with Crippen molar-refractivity contribution in [2.45, 2.75) is 78.2 Å². The Labute approximate surface area is 124 Å². The summed E-state index contributed by atoms with van der Waals surface area (Å²) in [6.07, 6.45) is 7.70. The van der Waals surface area contributed by atoms with Gasteiger partial charge < -0.3 is 5.11 Å². The fourth-order valence-corrected chi connectivity index (χ4v) is 3.86. The molecule has 0 radical (unpaired) electrons. The minimum Gasteiger partial charge on any atom is -0.390 e. The van der Waals surface area contributed by atoms with Gasteiger partial charge in [0.2, 0.25) is 0 Å². The molecule has 0 heterocycles. The molecule has 0 bridgehead atoms. The van der Waals surface area contributed by atoms with Gasteiger partial charge in [-0.3, -0.25) is 0 Å². The lowest BCUT2D eigenvalue weighted by atomic mass is 9.83. The Hall–Kier alpha value is -0.820. The Kier molecular flexibility index (Phi) is 4.90. The Morgan fingerprint density at radius 1 is 1.10 bits per heavy atom. The van der Waals surface area contributed by atoms with Crippen LogP contribution in [0.2, 0.25) is 0 Å². The molecule has 0 saturated heterocycles. The number of rotatable bonds is 3. The predicted molar refractivity (Wildman–Crippen MR) is 86.2 cm³/mol. The Morgan fingerprint density at radius 3 is 2.35 bits per heavy atom. The van der Waals surface area contributed by atoms with Gasteiger partial charge in [-0.15, -0.1) is 0 Å². The summed E-state index contributed by atoms with van der Waals surface area (Å²) in [5.74, 6) is 0.823. The standard InChI is InChI=1S/C19H30O/c1-5-17-7-6-9-19(20,10-8-17)13-18-15(3)11-14(2)12-16(18)4/h11-12,17,20H,5-10,13H2,1-4H3. The maximum atomic E-state index is 11.0. The summed E-state index contributed by atoms with van der Waals surface area (Å²) < 4.78 is 0. The first-order valence-corrected chi connectivity index (χ1v) is 8.22. The van der Waals surface area contributed by atoms with Gasteiger partial charge in [0.1, 0.15) is 0 Å². The van der Waals surface area contributed by atoms with Crippen molar-refractivity contribution < 1.29 is 5.11 Å². The first kappa shape index (κ1) is 15.6. The predicted octanol–water partition coefficient (Wildman–Crippen LogP) is 4.88. The summed E-state index contributed by atoms with van der Waals surface area (Å²) in [7, 11) is 0. The second-order valence-electron chi connectivity index (χ2n) is 6.98. The lowest BCUT2D eigenvalue weighted by Gasteiger charge is -2.28. The quantitative estimate of drug-likeness (QED) is 0.779. The van der Waals surface area contributed by atoms with Crippen molar-refractivity contribution in [1.82, 2.24) is 0 Å². The number of benzene rings is 1. The molecule has 1 aromatic carbocycles. The lowest BCUT2D eigenvalue weighted by molar-refractivity contribution is 0.0239. The molecular formula is C19H30O. The Morgan fingerprint density at radius 2 is 1.75 bits per heavy atom. The van der Waals surface area contributed by atoms with E-state index in [1.54, 1.807) is 0 Å². The van der Waals surface area contributed by atoms with Crippen LogP contribution in [0.25, 0.3) is 0 Å². The summed E-state index contributed by atoms with van der Waals surface area (Å²) in [5, 5.41) is 11.0. The zero-order chi connectivity index (χ0) is 14.8. The van der Waals surface area contributed by atoms with Crippen molar-refractivity contribution in [3.63, 3.8) is 0 Å². The van der Waals surface area contributed by atoms with Crippen LogP contribution in [0.15, 0.2) is 12.1 Å². The second kappa shape index (κ2) is 6.30. The van der Waals surface area contributed by atoms with Gasteiger partial charge in [0.25, 0.3) is 0 Å². The first-order valence-electron chi connectivity index (χ1n) is 8.22. The number of aliphatic hydroxyl groups is 1. The first-order chi connectivity index (χ1) is 9.43. The largest absolute Gasteiger partial charge is 0.390 e. The highest BCUT2D eigenvalue weighted by atomic mass is 16.3. The third-order valence-electron chi connectivity index (χ3n) is 5.20. The number of hydrogen-bond acceptors (Lipinski definition) is 1. The summed E-state index contributed by atoms with van der Waals surface area (Å²) in [6.45, 7) is 8.80. The highest BCUT2D eigenvalue weighted by Crippen LogP contribution is 2.35. The molecule has 1 fully saturated rings. The van der Waals surface area contributed by atoms with Gasteiger partial charge in [-0.1, -0.05) is 43.9 Å². The van der Waals surface area contributed by atoms with Gasteiger partial charge in [0.15, 0.2) is 0 Å². The molecule has 2 atom stereocenters. The van der Waals surface area contributed by atoms with E-state index in [2.05, 4.69) is 39.8 Å². The molecular weight excluding hydrogens is 244 g/mol. The van der Waals surface area contributed by atoms with Crippen LogP contribution in [0.3, 0.4) is 0 Å². The van der Waals surface area contributed by atoms with Gasteiger partial charge in [0, 0.05) is 6.42 Å². The molecule has 1 aromatic rings. The summed E-state index contributed by atoms with van der Waals surface area (Å²) in [6, 6.07) is 4.49. The fourth-order valence-electron chi connectivity index (χ4n) is 3.86. The molecule has 2 rings (SSSR count). The molecule has 2 unspecified atom stereocenters. The van der Waals surface area contributed by atoms with Crippen molar-refractivity contribution >= 4 is 0 Å². The minimum atomic E-state index is -0.477. The van der Waals surface area contributed by atoms with Crippen molar-refractivity contribution in [3.8, 4) is 0 Å². The van der Waals surface area contributed by atoms with Gasteiger partial charge in [0.05, 0.1) is 5.60 Å². The van der Waals surface area contributed by atoms with E-state index in [0.717, 1.165) is 25.2 Å². The topological polar surface area (TPSA) is 20.2 Å². The SMILES string of the molecule is CCC1CCCC(O)(Cc2c(C)cc(C)cc2C)CC1. The number of hydrogen-bond donors (Lipinski definition) is 1. The molecule has 0 aliphatic heterocycles. The molecule has 20 heavy (non-hydrogen) atoms. The molecule has 112 valence electrons. The monoisotopic (exact) mass is 274 g/mol. The van der Waals surface area contributed by atoms with Gasteiger partial charge in [-0.2, -0.15) is 0 Å². The van der Waals surface area contributed by atoms with E-state index in [1.807, 2.05) is 0 Å². The third kappa shape index (κ3) is 3.63. The van der Waals surface area contributed by atoms with Crippen LogP contribution in [0, 0.1) is 26.7 Å². The van der Waals surface area contributed by atoms with Crippen molar-refractivity contribution in [2.75, 3.05) is 0 Å². The lowest BCUT2D eigenvalue weighted by Crippen LogP contribution is -2.31. The Bertz CT molecular complexity index is 440. The number of aryl methyl sites for hydroxylation is 3. The molecule has 0 spiro atoms. The van der Waals surface area contributed by atoms with Crippen LogP contribution in [-0.2, 0) is 6.42 Å². The molecule has 1 heteroatoms. The van der Waals surface area contributed by atoms with Crippen LogP contribution in [0.1, 0.15) is 67.7 Å². The van der Waals surface area contributed by atoms with Crippen molar-refractivity contribution in [3.05, 3.63) is 34.4 Å². The molecule has 1 N–H and O–H groups in total. The van der Waals surface area contributed by atoms with Gasteiger partial charge >= 0.3 is 0 Å². The molecule has 1 nitrogen and oxygen atoms in total. The van der Waals surface area contributed by atoms with Crippen LogP contribution in [0.4, 0.5) is 0 Å². The highest BCUT2D eigenvalue weighted by molar-refractivity contribution is 5.38. The van der Waals surface area contributed by atoms with Gasteiger partial charge in [-0.25, -0.2) is 0 Å². The average molecular weight is 274 g/mol. The minimum absolute atomic E-state index is 0.477. The second-order valence-corrected chi connectivity index (χ2v) is 6.98. The normalized spacial score (nSPS) is 27.4. The average Bonchev–Trinajstić information content (AvgIpc) is 2.56. The van der Waals surface area contributed by atoms with E-state index in [9.17, 15) is 5.11 Å². The summed E-state index contributed by atoms with van der Waals surface area (Å²) >= 11 is 0. The zero-order valence-corrected chi connectivity index (χ0v) is 13.6. The molecule has 1 aliphatic carbocycles. The fraction of sp³-hybridized carbons (Fsp3) is 0.684. The van der Waals surface area contributed by atoms with Crippen molar-refractivity contribution in [1.29, 1.82) is 0 Å². The highest BCUT2D eigenvalue weighted by Gasteiger charge is 2.31. The van der Waals surface area contributed by atoms with Crippen molar-refractivity contribution in [2.24, 2.45) is 5.92 Å².